The van der Waals surface area contributed by atoms with Gasteiger partial charge in [-0.05, 0) is 119 Å². The summed E-state index contributed by atoms with van der Waals surface area (Å²) in [5, 5.41) is 12.3. The Balaban J connectivity index is 0.748. The zero-order valence-corrected chi connectivity index (χ0v) is 45.3. The van der Waals surface area contributed by atoms with Gasteiger partial charge >= 0.3 is 0 Å². The maximum absolute atomic E-state index is 6.78. The van der Waals surface area contributed by atoms with Crippen LogP contribution in [-0.2, 0) is 0 Å². The zero-order valence-electron chi connectivity index (χ0n) is 45.3. The highest BCUT2D eigenvalue weighted by Gasteiger charge is 2.39. The molecule has 6 heteroatoms. The third-order valence-electron chi connectivity index (χ3n) is 18.3. The van der Waals surface area contributed by atoms with Gasteiger partial charge in [0.1, 0.15) is 17.4 Å². The Bertz CT molecular complexity index is 5630. The molecular weight excluding hydrogens is 1020 g/mol. The summed E-state index contributed by atoms with van der Waals surface area (Å²) in [6.07, 6.45) is 6.55. The molecule has 2 atom stereocenters. The van der Waals surface area contributed by atoms with Gasteiger partial charge in [0.15, 0.2) is 5.58 Å². The summed E-state index contributed by atoms with van der Waals surface area (Å²) in [6, 6.07) is 95.2. The lowest BCUT2D eigenvalue weighted by atomic mass is 9.89. The molecule has 1 aliphatic heterocycles. The van der Waals surface area contributed by atoms with Crippen LogP contribution < -0.4 is 14.5 Å². The molecule has 6 heterocycles. The first-order valence-corrected chi connectivity index (χ1v) is 29.0. The number of anilines is 5. The molecule has 19 rings (SSSR count). The van der Waals surface area contributed by atoms with Crippen LogP contribution in [0.2, 0.25) is 0 Å². The van der Waals surface area contributed by atoms with Crippen molar-refractivity contribution < 1.29 is 9.15 Å². The summed E-state index contributed by atoms with van der Waals surface area (Å²) in [4.78, 5) is 4.71. The van der Waals surface area contributed by atoms with E-state index in [0.717, 1.165) is 84.1 Å². The number of benzene rings is 12. The maximum Gasteiger partial charge on any atom is 0.159 e. The molecule has 1 aliphatic carbocycles. The maximum atomic E-state index is 6.78. The number of hydrogen-bond donors (Lipinski definition) is 0. The standard InChI is InChI=1S/C78H48N4O2/c1-3-19-51(20-4-1)79(67-33-15-31-63-57-25-7-9-35-73(57)83-77(63)67)53-23-11-17-47(41-53)49-37-39-55-59-27-13-29-61-65-46-72-66(45-71(65)81(75(59)61)69(55)43-49)62-30-14-28-60-56-40-38-50(44-70(56)82(72)76(60)62)48-18-12-24-54(42-48)80(52-21-5-2-6-22-52)68-34-16-32-64-58-26-8-10-36-74(58)84-78(64)68/h1-46,63,77H. The van der Waals surface area contributed by atoms with Crippen molar-refractivity contribution >= 4 is 127 Å². The minimum atomic E-state index is -0.148. The Morgan fingerprint density at radius 1 is 0.345 bits per heavy atom. The van der Waals surface area contributed by atoms with Crippen LogP contribution in [0.1, 0.15) is 11.5 Å². The quantitative estimate of drug-likeness (QED) is 0.152. The SMILES string of the molecule is C1=CC2c3ccccc3OC2C(N(c2ccccc2)c2cccc(-c3ccc4c5cccc6c7cc8c(cc7n(c4c3)c56)c3cccc4c5ccc(-c6cccc(N(c7ccccc7)c7cccc9c7oc7ccccc79)c6)cc5n8c43)c2)=C1. The molecule has 5 aromatic heterocycles. The van der Waals surface area contributed by atoms with Crippen molar-refractivity contribution in [3.05, 3.63) is 290 Å². The monoisotopic (exact) mass is 1070 g/mol. The summed E-state index contributed by atoms with van der Waals surface area (Å²) in [6.45, 7) is 0. The van der Waals surface area contributed by atoms with E-state index in [0.29, 0.717) is 0 Å². The van der Waals surface area contributed by atoms with E-state index in [1.165, 1.54) is 81.8 Å². The average molecular weight is 1070 g/mol. The van der Waals surface area contributed by atoms with Crippen LogP contribution in [0, 0.1) is 0 Å². The molecular formula is C78H48N4O2. The molecule has 0 N–H and O–H groups in total. The highest BCUT2D eigenvalue weighted by atomic mass is 16.5. The number of rotatable bonds is 8. The Morgan fingerprint density at radius 2 is 0.833 bits per heavy atom. The van der Waals surface area contributed by atoms with E-state index in [1.54, 1.807) is 0 Å². The molecule has 6 nitrogen and oxygen atoms in total. The molecule has 17 aromatic rings. The molecule has 12 aromatic carbocycles. The van der Waals surface area contributed by atoms with Gasteiger partial charge in [0, 0.05) is 88.1 Å². The van der Waals surface area contributed by atoms with Crippen LogP contribution in [0.15, 0.2) is 289 Å². The predicted octanol–water partition coefficient (Wildman–Crippen LogP) is 20.8. The fourth-order valence-corrected chi connectivity index (χ4v) is 14.6. The highest BCUT2D eigenvalue weighted by Crippen LogP contribution is 2.50. The van der Waals surface area contributed by atoms with E-state index in [9.17, 15) is 0 Å². The van der Waals surface area contributed by atoms with Crippen LogP contribution in [0.4, 0.5) is 28.4 Å². The van der Waals surface area contributed by atoms with Crippen LogP contribution in [0.5, 0.6) is 5.75 Å². The van der Waals surface area contributed by atoms with Crippen molar-refractivity contribution in [2.75, 3.05) is 9.80 Å². The summed E-state index contributed by atoms with van der Waals surface area (Å²) in [5.74, 6) is 1.09. The normalized spacial score (nSPS) is 15.0. The number of hydrogen-bond acceptors (Lipinski definition) is 4. The molecule has 392 valence electrons. The van der Waals surface area contributed by atoms with Crippen LogP contribution >= 0.6 is 0 Å². The summed E-state index contributed by atoms with van der Waals surface area (Å²) in [7, 11) is 0. The lowest BCUT2D eigenvalue weighted by molar-refractivity contribution is 0.253. The molecule has 2 aliphatic rings. The fourth-order valence-electron chi connectivity index (χ4n) is 14.6. The second kappa shape index (κ2) is 17.2. The molecule has 0 amide bonds. The number of fused-ring (bicyclic) bond motifs is 18. The number of aromatic nitrogens is 2. The predicted molar refractivity (Wildman–Crippen MR) is 348 cm³/mol. The first kappa shape index (κ1) is 45.6. The molecule has 84 heavy (non-hydrogen) atoms. The van der Waals surface area contributed by atoms with Crippen LogP contribution in [-0.4, -0.2) is 14.9 Å². The number of nitrogens with zero attached hydrogens (tertiary/aromatic N) is 4. The van der Waals surface area contributed by atoms with Crippen molar-refractivity contribution in [2.24, 2.45) is 0 Å². The molecule has 0 fully saturated rings. The molecule has 0 saturated heterocycles. The number of para-hydroxylation sites is 7. The third-order valence-corrected chi connectivity index (χ3v) is 18.3. The second-order valence-corrected chi connectivity index (χ2v) is 22.7. The Kier molecular flexibility index (Phi) is 9.36. The first-order chi connectivity index (χ1) is 41.7. The Hall–Kier alpha value is -11.1. The van der Waals surface area contributed by atoms with E-state index in [2.05, 4.69) is 292 Å². The average Bonchev–Trinajstić information content (AvgIpc) is 2.46. The van der Waals surface area contributed by atoms with E-state index in [1.807, 2.05) is 6.07 Å². The lowest BCUT2D eigenvalue weighted by Gasteiger charge is -2.34. The summed E-state index contributed by atoms with van der Waals surface area (Å²) >= 11 is 0. The molecule has 2 unspecified atom stereocenters. The van der Waals surface area contributed by atoms with Gasteiger partial charge in [0.05, 0.1) is 44.5 Å². The van der Waals surface area contributed by atoms with E-state index < -0.39 is 0 Å². The van der Waals surface area contributed by atoms with Gasteiger partial charge in [-0.3, -0.25) is 0 Å². The zero-order chi connectivity index (χ0) is 54.7. The van der Waals surface area contributed by atoms with Crippen LogP contribution in [0.25, 0.3) is 120 Å². The number of ether oxygens (including phenoxy) is 1. The number of allylic oxidation sites excluding steroid dienone is 2. The second-order valence-electron chi connectivity index (χ2n) is 22.7. The number of furan rings is 1. The minimum Gasteiger partial charge on any atom is -0.483 e. The van der Waals surface area contributed by atoms with Gasteiger partial charge in [0.2, 0.25) is 0 Å². The topological polar surface area (TPSA) is 37.7 Å². The molecule has 0 spiro atoms. The smallest absolute Gasteiger partial charge is 0.159 e. The van der Waals surface area contributed by atoms with Crippen molar-refractivity contribution in [1.29, 1.82) is 0 Å². The lowest BCUT2D eigenvalue weighted by Crippen LogP contribution is -2.32. The summed E-state index contributed by atoms with van der Waals surface area (Å²) in [5.41, 5.74) is 21.3. The first-order valence-electron chi connectivity index (χ1n) is 29.0. The highest BCUT2D eigenvalue weighted by molar-refractivity contribution is 6.29. The third kappa shape index (κ3) is 6.39. The van der Waals surface area contributed by atoms with Gasteiger partial charge in [-0.15, -0.1) is 0 Å². The Labute approximate surface area is 482 Å². The molecule has 0 radical (unpaired) electrons. The van der Waals surface area contributed by atoms with E-state index >= 15 is 0 Å². The van der Waals surface area contributed by atoms with Crippen molar-refractivity contribution in [1.82, 2.24) is 8.80 Å². The van der Waals surface area contributed by atoms with Crippen molar-refractivity contribution in [2.45, 2.75) is 12.0 Å². The van der Waals surface area contributed by atoms with Gasteiger partial charge in [0.25, 0.3) is 0 Å². The van der Waals surface area contributed by atoms with Gasteiger partial charge in [-0.25, -0.2) is 0 Å². The largest absolute Gasteiger partial charge is 0.483 e. The van der Waals surface area contributed by atoms with Gasteiger partial charge in [-0.1, -0.05) is 182 Å². The minimum absolute atomic E-state index is 0.138. The van der Waals surface area contributed by atoms with Gasteiger partial charge < -0.3 is 27.8 Å². The van der Waals surface area contributed by atoms with E-state index in [4.69, 9.17) is 9.15 Å². The van der Waals surface area contributed by atoms with Crippen LogP contribution in [0.3, 0.4) is 0 Å². The van der Waals surface area contributed by atoms with Gasteiger partial charge in [-0.2, -0.15) is 0 Å². The Morgan fingerprint density at radius 3 is 1.49 bits per heavy atom. The van der Waals surface area contributed by atoms with Crippen molar-refractivity contribution in [3.63, 3.8) is 0 Å². The molecule has 0 bridgehead atoms. The fraction of sp³-hybridized carbons (Fsp3) is 0.0256. The summed E-state index contributed by atoms with van der Waals surface area (Å²) < 4.78 is 18.5. The van der Waals surface area contributed by atoms with E-state index in [-0.39, 0.29) is 12.0 Å². The molecule has 0 saturated carbocycles. The van der Waals surface area contributed by atoms with Crippen molar-refractivity contribution in [3.8, 4) is 28.0 Å².